The summed E-state index contributed by atoms with van der Waals surface area (Å²) in [6, 6.07) is 43.2. The van der Waals surface area contributed by atoms with Crippen molar-refractivity contribution in [3.8, 4) is 91.6 Å². The standard InChI is InChI=1S/C124H176N6O14/c1-11-21-31-41-67-133-113-81-101-103-83-115(135-69-43-33-23-13-3)119(139-73-47-37-27-17-7)87-107(103)111-91-123(121(141-75-49-39-29-19-9)89-109(111)105(101)85-117(113)137-71-45-35-25-15-5)143-79-53-65-129-93-97(125-127-129)55-51-77-131-99-61-57-95(58-62-99)96-59-63-100(64-60-96)132-78-52-56-98-94-130(128-126-98)66-54-80-144-124-92-112-108-88-120(140-74-48-38-28-18-8)116(136-70-44-34-24-14-4)84-104(108)102-82-114(134-68-42-32-22-12-2)118(138-72-46-36-26-16-6)86-106(102)110(112)90-122(124)142-76-50-40-30-20-10/h57-64,81-94H,11-56,65-80H2,1-10H3. The van der Waals surface area contributed by atoms with Gasteiger partial charge in [-0.05, 0) is 263 Å². The van der Waals surface area contributed by atoms with Gasteiger partial charge in [-0.15, -0.1) is 10.2 Å². The second-order valence-corrected chi connectivity index (χ2v) is 39.5. The molecule has 0 amide bonds. The molecule has 144 heavy (non-hydrogen) atoms. The zero-order valence-electron chi connectivity index (χ0n) is 89.9. The average molecular weight is 1970 g/mol. The zero-order valence-corrected chi connectivity index (χ0v) is 89.9. The van der Waals surface area contributed by atoms with Gasteiger partial charge < -0.3 is 66.3 Å². The molecule has 12 rings (SSSR count). The monoisotopic (exact) mass is 1970 g/mol. The van der Waals surface area contributed by atoms with Crippen molar-refractivity contribution in [2.24, 2.45) is 0 Å². The van der Waals surface area contributed by atoms with Gasteiger partial charge in [-0.2, -0.15) is 0 Å². The highest BCUT2D eigenvalue weighted by Gasteiger charge is 2.26. The Bertz CT molecular complexity index is 5210. The molecule has 786 valence electrons. The smallest absolute Gasteiger partial charge is 0.161 e. The normalized spacial score (nSPS) is 11.6. The van der Waals surface area contributed by atoms with Crippen LogP contribution in [-0.2, 0) is 25.9 Å². The molecule has 0 aliphatic heterocycles. The lowest BCUT2D eigenvalue weighted by atomic mass is 9.93. The lowest BCUT2D eigenvalue weighted by Crippen LogP contribution is -2.07. The summed E-state index contributed by atoms with van der Waals surface area (Å²) in [6.45, 7) is 31.9. The maximum Gasteiger partial charge on any atom is 0.161 e. The van der Waals surface area contributed by atoms with E-state index in [0.717, 1.165) is 349 Å². The van der Waals surface area contributed by atoms with Gasteiger partial charge in [0.1, 0.15) is 11.5 Å². The van der Waals surface area contributed by atoms with Gasteiger partial charge in [-0.3, -0.25) is 9.36 Å². The number of unbranched alkanes of at least 4 members (excludes halogenated alkanes) is 30. The molecule has 0 N–H and O–H groups in total. The Hall–Kier alpha value is -10.8. The largest absolute Gasteiger partial charge is 0.494 e. The first-order chi connectivity index (χ1) is 71.1. The second-order valence-electron chi connectivity index (χ2n) is 39.5. The molecular weight excluding hydrogens is 1800 g/mol. The summed E-state index contributed by atoms with van der Waals surface area (Å²) in [7, 11) is 0. The van der Waals surface area contributed by atoms with E-state index in [2.05, 4.69) is 199 Å². The van der Waals surface area contributed by atoms with E-state index >= 15 is 0 Å². The molecule has 2 aromatic heterocycles. The molecular formula is C124H176N6O14. The van der Waals surface area contributed by atoms with Crippen LogP contribution < -0.4 is 66.3 Å². The first-order valence-electron chi connectivity index (χ1n) is 57.0. The van der Waals surface area contributed by atoms with E-state index in [1.807, 2.05) is 33.6 Å². The van der Waals surface area contributed by atoms with Crippen LogP contribution in [0.4, 0.5) is 0 Å². The molecule has 0 saturated carbocycles. The summed E-state index contributed by atoms with van der Waals surface area (Å²) in [5, 5.41) is 31.1. The molecule has 0 fully saturated rings. The number of nitrogens with zero attached hydrogens (tertiary/aromatic N) is 6. The minimum Gasteiger partial charge on any atom is -0.494 e. The van der Waals surface area contributed by atoms with Crippen LogP contribution in [0.3, 0.4) is 0 Å². The molecule has 12 aromatic rings. The van der Waals surface area contributed by atoms with Crippen LogP contribution in [0.25, 0.3) is 75.8 Å². The number of hydrogen-bond acceptors (Lipinski definition) is 18. The predicted octanol–water partition coefficient (Wildman–Crippen LogP) is 34.0. The lowest BCUT2D eigenvalue weighted by Gasteiger charge is -2.21. The van der Waals surface area contributed by atoms with Crippen molar-refractivity contribution in [3.63, 3.8) is 0 Å². The highest BCUT2D eigenvalue weighted by atomic mass is 16.5. The minimum absolute atomic E-state index is 0.451. The molecule has 0 unspecified atom stereocenters. The molecule has 0 saturated heterocycles. The van der Waals surface area contributed by atoms with Crippen molar-refractivity contribution in [3.05, 3.63) is 145 Å². The SMILES string of the molecule is CCCCCCOc1cc2c3cc(OCCCCCC)c(OCCCCCC)cc3c3cc(OCCCn4cc(CCCOc5ccc(-c6ccc(OCCCc7cn(CCCOc8cc9c%10cc(OCCCCCC)c(OCCCCCC)cc%10c%10cc(OCCCCCC)c(OCCCCCC)cc%10c9cc8OCCCCCC)nn7)cc6)cc5)nn4)c(OCCCCCC)cc3c2cc1OCCCCCC. The summed E-state index contributed by atoms with van der Waals surface area (Å²) in [5.74, 6) is 10.7. The quantitative estimate of drug-likeness (QED) is 0.0258. The van der Waals surface area contributed by atoms with Crippen LogP contribution in [0.5, 0.6) is 80.5 Å². The molecule has 0 radical (unpaired) electrons. The Balaban J connectivity index is 0.646. The maximum atomic E-state index is 6.90. The summed E-state index contributed by atoms with van der Waals surface area (Å²) in [5.41, 5.74) is 4.06. The fourth-order valence-electron chi connectivity index (χ4n) is 18.8. The number of hydrogen-bond donors (Lipinski definition) is 0. The molecule has 20 heteroatoms. The van der Waals surface area contributed by atoms with E-state index in [1.165, 1.54) is 89.9 Å². The zero-order chi connectivity index (χ0) is 101. The van der Waals surface area contributed by atoms with Crippen LogP contribution in [0.2, 0.25) is 0 Å². The van der Waals surface area contributed by atoms with Gasteiger partial charge in [0.15, 0.2) is 69.0 Å². The highest BCUT2D eigenvalue weighted by Crippen LogP contribution is 2.51. The molecule has 0 spiro atoms. The number of aromatic nitrogens is 6. The number of benzene rings is 10. The molecule has 0 atom stereocenters. The Morgan fingerprint density at radius 1 is 0.174 bits per heavy atom. The van der Waals surface area contributed by atoms with E-state index in [4.69, 9.17) is 66.3 Å². The van der Waals surface area contributed by atoms with E-state index in [0.29, 0.717) is 130 Å². The van der Waals surface area contributed by atoms with Crippen molar-refractivity contribution in [1.29, 1.82) is 0 Å². The van der Waals surface area contributed by atoms with Gasteiger partial charge in [0.2, 0.25) is 0 Å². The van der Waals surface area contributed by atoms with Crippen molar-refractivity contribution >= 4 is 64.6 Å². The van der Waals surface area contributed by atoms with Crippen LogP contribution in [0.1, 0.15) is 363 Å². The van der Waals surface area contributed by atoms with E-state index in [1.54, 1.807) is 0 Å². The van der Waals surface area contributed by atoms with Gasteiger partial charge in [0.25, 0.3) is 0 Å². The first-order valence-corrected chi connectivity index (χ1v) is 57.0. The Morgan fingerprint density at radius 2 is 0.333 bits per heavy atom. The van der Waals surface area contributed by atoms with Gasteiger partial charge in [-0.1, -0.05) is 297 Å². The van der Waals surface area contributed by atoms with Gasteiger partial charge in [-0.25, -0.2) is 0 Å². The summed E-state index contributed by atoms with van der Waals surface area (Å²) >= 11 is 0. The van der Waals surface area contributed by atoms with Crippen molar-refractivity contribution in [1.82, 2.24) is 30.0 Å². The van der Waals surface area contributed by atoms with Crippen LogP contribution >= 0.6 is 0 Å². The summed E-state index contributed by atoms with van der Waals surface area (Å²) in [6.07, 6.45) is 53.0. The topological polar surface area (TPSA) is 191 Å². The molecule has 20 nitrogen and oxygen atoms in total. The van der Waals surface area contributed by atoms with Crippen molar-refractivity contribution in [2.45, 2.75) is 378 Å². The van der Waals surface area contributed by atoms with Crippen LogP contribution in [0.15, 0.2) is 134 Å². The third kappa shape index (κ3) is 35.8. The van der Waals surface area contributed by atoms with Gasteiger partial charge in [0, 0.05) is 38.3 Å². The first kappa shape index (κ1) is 112. The molecule has 10 aromatic carbocycles. The van der Waals surface area contributed by atoms with Crippen molar-refractivity contribution in [2.75, 3.05) is 92.5 Å². The lowest BCUT2D eigenvalue weighted by molar-refractivity contribution is 0.256. The fourth-order valence-corrected chi connectivity index (χ4v) is 18.8. The molecule has 2 heterocycles. The maximum absolute atomic E-state index is 6.90. The third-order valence-electron chi connectivity index (χ3n) is 27.3. The third-order valence-corrected chi connectivity index (χ3v) is 27.3. The minimum atomic E-state index is 0.451. The number of fused-ring (bicyclic) bond motifs is 12. The second kappa shape index (κ2) is 65.0. The summed E-state index contributed by atoms with van der Waals surface area (Å²) in [4.78, 5) is 0. The average Bonchev–Trinajstić information content (AvgIpc) is 0.823. The Kier molecular flexibility index (Phi) is 50.5. The fraction of sp³-hybridized carbons (Fsp3) is 0.581. The van der Waals surface area contributed by atoms with E-state index in [-0.39, 0.29) is 0 Å². The molecule has 0 aliphatic carbocycles. The summed E-state index contributed by atoms with van der Waals surface area (Å²) < 4.78 is 98.0. The van der Waals surface area contributed by atoms with Gasteiger partial charge >= 0.3 is 0 Å². The van der Waals surface area contributed by atoms with Crippen LogP contribution in [-0.4, -0.2) is 122 Å². The Labute approximate surface area is 862 Å². The Morgan fingerprint density at radius 3 is 0.500 bits per heavy atom. The number of rotatable bonds is 81. The highest BCUT2D eigenvalue weighted by molar-refractivity contribution is 6.28. The van der Waals surface area contributed by atoms with Gasteiger partial charge in [0.05, 0.1) is 104 Å². The number of ether oxygens (including phenoxy) is 14. The van der Waals surface area contributed by atoms with Crippen molar-refractivity contribution < 1.29 is 66.3 Å². The van der Waals surface area contributed by atoms with E-state index < -0.39 is 0 Å². The molecule has 0 bridgehead atoms. The predicted molar refractivity (Wildman–Crippen MR) is 594 cm³/mol. The molecule has 0 aliphatic rings. The number of aryl methyl sites for hydroxylation is 4. The van der Waals surface area contributed by atoms with Crippen LogP contribution in [0, 0.1) is 0 Å². The van der Waals surface area contributed by atoms with E-state index in [9.17, 15) is 0 Å².